The summed E-state index contributed by atoms with van der Waals surface area (Å²) in [5.41, 5.74) is 5.91. The van der Waals surface area contributed by atoms with Crippen molar-refractivity contribution >= 4 is 11.3 Å². The quantitative estimate of drug-likeness (QED) is 0.774. The normalized spacial score (nSPS) is 13.6. The van der Waals surface area contributed by atoms with E-state index in [1.165, 1.54) is 0 Å². The Bertz CT molecular complexity index is 267. The molecule has 1 heterocycles. The topological polar surface area (TPSA) is 59.1 Å². The molecule has 3 nitrogen and oxygen atoms in total. The van der Waals surface area contributed by atoms with E-state index in [0.717, 1.165) is 11.3 Å². The Kier molecular flexibility index (Phi) is 3.71. The van der Waals surface area contributed by atoms with E-state index in [1.807, 2.05) is 0 Å². The average molecular weight is 208 g/mol. The zero-order chi connectivity index (χ0) is 9.84. The number of aliphatic hydroxyl groups is 1. The minimum atomic E-state index is -2.78. The summed E-state index contributed by atoms with van der Waals surface area (Å²) in [5.74, 6) is 0. The largest absolute Gasteiger partial charge is 0.380 e. The fraction of sp³-hybridized carbons (Fsp3) is 0.571. The van der Waals surface area contributed by atoms with E-state index >= 15 is 0 Å². The monoisotopic (exact) mass is 208 g/mol. The van der Waals surface area contributed by atoms with Crippen molar-refractivity contribution in [2.45, 2.75) is 19.0 Å². The Morgan fingerprint density at radius 1 is 1.62 bits per heavy atom. The van der Waals surface area contributed by atoms with Crippen LogP contribution in [0.15, 0.2) is 5.38 Å². The van der Waals surface area contributed by atoms with Crippen LogP contribution in [0.1, 0.15) is 16.8 Å². The molecule has 0 saturated carbocycles. The highest BCUT2D eigenvalue weighted by Gasteiger charge is 2.22. The van der Waals surface area contributed by atoms with Gasteiger partial charge in [0.1, 0.15) is 5.01 Å². The van der Waals surface area contributed by atoms with Gasteiger partial charge in [-0.3, -0.25) is 0 Å². The third-order valence-corrected chi connectivity index (χ3v) is 2.43. The number of alkyl halides is 2. The van der Waals surface area contributed by atoms with Crippen molar-refractivity contribution in [2.75, 3.05) is 6.54 Å². The van der Waals surface area contributed by atoms with Gasteiger partial charge in [-0.2, -0.15) is 0 Å². The van der Waals surface area contributed by atoms with E-state index in [9.17, 15) is 8.78 Å². The second-order valence-corrected chi connectivity index (χ2v) is 3.38. The lowest BCUT2D eigenvalue weighted by Gasteiger charge is -2.03. The molecule has 3 N–H and O–H groups in total. The Balaban J connectivity index is 2.67. The number of hydrogen-bond acceptors (Lipinski definition) is 4. The van der Waals surface area contributed by atoms with E-state index in [2.05, 4.69) is 4.98 Å². The molecule has 1 unspecified atom stereocenters. The molecule has 6 heteroatoms. The Labute approximate surface area is 78.2 Å². The lowest BCUT2D eigenvalue weighted by Crippen LogP contribution is -2.08. The maximum Gasteiger partial charge on any atom is 0.270 e. The van der Waals surface area contributed by atoms with Crippen molar-refractivity contribution in [3.05, 3.63) is 16.1 Å². The molecule has 0 aliphatic rings. The van der Waals surface area contributed by atoms with Gasteiger partial charge in [-0.25, -0.2) is 13.8 Å². The fourth-order valence-corrected chi connectivity index (χ4v) is 1.67. The Hall–Kier alpha value is -0.590. The van der Waals surface area contributed by atoms with Crippen LogP contribution in [0.4, 0.5) is 8.78 Å². The maximum atomic E-state index is 12.0. The van der Waals surface area contributed by atoms with Gasteiger partial charge in [0.25, 0.3) is 6.43 Å². The van der Waals surface area contributed by atoms with Crippen molar-refractivity contribution in [3.8, 4) is 0 Å². The summed E-state index contributed by atoms with van der Waals surface area (Å²) < 4.78 is 24.0. The molecule has 0 radical (unpaired) electrons. The molecule has 0 saturated heterocycles. The minimum absolute atomic E-state index is 0.0541. The van der Waals surface area contributed by atoms with Crippen LogP contribution < -0.4 is 5.73 Å². The number of halogens is 2. The Morgan fingerprint density at radius 2 is 2.31 bits per heavy atom. The van der Waals surface area contributed by atoms with Gasteiger partial charge < -0.3 is 10.8 Å². The summed E-state index contributed by atoms with van der Waals surface area (Å²) in [6, 6.07) is 0. The highest BCUT2D eigenvalue weighted by atomic mass is 32.1. The average Bonchev–Trinajstić information content (AvgIpc) is 2.52. The fourth-order valence-electron chi connectivity index (χ4n) is 0.829. The second-order valence-electron chi connectivity index (χ2n) is 2.50. The van der Waals surface area contributed by atoms with Gasteiger partial charge in [0.15, 0.2) is 6.10 Å². The predicted octanol–water partition coefficient (Wildman–Crippen LogP) is 0.943. The summed E-state index contributed by atoms with van der Waals surface area (Å²) in [5, 5.41) is 10.6. The first-order valence-corrected chi connectivity index (χ1v) is 4.63. The van der Waals surface area contributed by atoms with Gasteiger partial charge in [0, 0.05) is 11.8 Å². The zero-order valence-corrected chi connectivity index (χ0v) is 7.60. The standard InChI is InChI=1S/C7H10F2N2OS/c8-6(9)5(12)7-11-4(1-2-10)3-13-7/h3,5-6,12H,1-2,10H2. The van der Waals surface area contributed by atoms with Crippen molar-refractivity contribution < 1.29 is 13.9 Å². The molecule has 0 aliphatic carbocycles. The molecular weight excluding hydrogens is 198 g/mol. The van der Waals surface area contributed by atoms with Crippen molar-refractivity contribution in [3.63, 3.8) is 0 Å². The molecule has 1 aromatic heterocycles. The van der Waals surface area contributed by atoms with E-state index in [1.54, 1.807) is 5.38 Å². The van der Waals surface area contributed by atoms with E-state index in [0.29, 0.717) is 18.7 Å². The maximum absolute atomic E-state index is 12.0. The smallest absolute Gasteiger partial charge is 0.270 e. The number of aliphatic hydroxyl groups excluding tert-OH is 1. The van der Waals surface area contributed by atoms with Crippen LogP contribution in [0.25, 0.3) is 0 Å². The number of hydrogen-bond donors (Lipinski definition) is 2. The third kappa shape index (κ3) is 2.68. The van der Waals surface area contributed by atoms with E-state index in [-0.39, 0.29) is 5.01 Å². The highest BCUT2D eigenvalue weighted by molar-refractivity contribution is 7.09. The van der Waals surface area contributed by atoms with Crippen LogP contribution in [0.5, 0.6) is 0 Å². The van der Waals surface area contributed by atoms with Gasteiger partial charge in [-0.1, -0.05) is 0 Å². The summed E-state index contributed by atoms with van der Waals surface area (Å²) in [7, 11) is 0. The van der Waals surface area contributed by atoms with Crippen molar-refractivity contribution in [2.24, 2.45) is 5.73 Å². The first-order valence-electron chi connectivity index (χ1n) is 3.75. The molecule has 0 spiro atoms. The summed E-state index contributed by atoms with van der Waals surface area (Å²) >= 11 is 1.03. The molecule has 74 valence electrons. The summed E-state index contributed by atoms with van der Waals surface area (Å²) in [4.78, 5) is 3.83. The predicted molar refractivity (Wildman–Crippen MR) is 45.8 cm³/mol. The molecule has 0 aromatic carbocycles. The Morgan fingerprint density at radius 3 is 2.85 bits per heavy atom. The second kappa shape index (κ2) is 4.59. The number of nitrogens with two attached hydrogens (primary N) is 1. The zero-order valence-electron chi connectivity index (χ0n) is 6.78. The van der Waals surface area contributed by atoms with Crippen LogP contribution in [-0.4, -0.2) is 23.1 Å². The van der Waals surface area contributed by atoms with Crippen LogP contribution in [0, 0.1) is 0 Å². The molecule has 0 bridgehead atoms. The molecule has 0 aliphatic heterocycles. The molecule has 0 amide bonds. The number of aromatic nitrogens is 1. The molecule has 1 atom stereocenters. The number of thiazole rings is 1. The minimum Gasteiger partial charge on any atom is -0.380 e. The molecule has 13 heavy (non-hydrogen) atoms. The van der Waals surface area contributed by atoms with Crippen LogP contribution in [0.2, 0.25) is 0 Å². The van der Waals surface area contributed by atoms with Crippen molar-refractivity contribution in [1.82, 2.24) is 4.98 Å². The van der Waals surface area contributed by atoms with Crippen molar-refractivity contribution in [1.29, 1.82) is 0 Å². The van der Waals surface area contributed by atoms with Gasteiger partial charge in [-0.15, -0.1) is 11.3 Å². The van der Waals surface area contributed by atoms with Gasteiger partial charge >= 0.3 is 0 Å². The van der Waals surface area contributed by atoms with Gasteiger partial charge in [0.2, 0.25) is 0 Å². The van der Waals surface area contributed by atoms with Crippen LogP contribution in [-0.2, 0) is 6.42 Å². The summed E-state index contributed by atoms with van der Waals surface area (Å²) in [6.45, 7) is 0.425. The summed E-state index contributed by atoms with van der Waals surface area (Å²) in [6.07, 6.45) is -4.00. The van der Waals surface area contributed by atoms with E-state index < -0.39 is 12.5 Å². The highest BCUT2D eigenvalue weighted by Crippen LogP contribution is 2.23. The third-order valence-electron chi connectivity index (χ3n) is 1.46. The lowest BCUT2D eigenvalue weighted by atomic mass is 10.3. The molecule has 0 fully saturated rings. The number of rotatable bonds is 4. The number of nitrogens with zero attached hydrogens (tertiary/aromatic N) is 1. The van der Waals surface area contributed by atoms with Crippen LogP contribution in [0.3, 0.4) is 0 Å². The van der Waals surface area contributed by atoms with Gasteiger partial charge in [-0.05, 0) is 6.54 Å². The lowest BCUT2D eigenvalue weighted by molar-refractivity contribution is -0.00594. The molecular formula is C7H10F2N2OS. The van der Waals surface area contributed by atoms with E-state index in [4.69, 9.17) is 10.8 Å². The molecule has 1 rings (SSSR count). The first kappa shape index (κ1) is 10.5. The first-order chi connectivity index (χ1) is 6.15. The van der Waals surface area contributed by atoms with Gasteiger partial charge in [0.05, 0.1) is 5.69 Å². The molecule has 1 aromatic rings. The van der Waals surface area contributed by atoms with Crippen LogP contribution >= 0.6 is 11.3 Å². The SMILES string of the molecule is NCCc1csc(C(O)C(F)F)n1.